The van der Waals surface area contributed by atoms with Crippen LogP contribution in [0.5, 0.6) is 11.5 Å². The number of nitrogens with zero attached hydrogens (tertiary/aromatic N) is 2. The Morgan fingerprint density at radius 1 is 1.00 bits per heavy atom. The van der Waals surface area contributed by atoms with Crippen molar-refractivity contribution >= 4 is 11.5 Å². The zero-order valence-corrected chi connectivity index (χ0v) is 15.0. The van der Waals surface area contributed by atoms with E-state index in [1.165, 1.54) is 0 Å². The SMILES string of the molecule is [C-]#[N+]C1=C(c2ccc(OC)cc2)Nc2[nH]ncc2C1c1ccccc1OC. The van der Waals surface area contributed by atoms with Crippen LogP contribution < -0.4 is 14.8 Å². The zero-order valence-electron chi connectivity index (χ0n) is 15.0. The molecule has 0 bridgehead atoms. The first-order valence-electron chi connectivity index (χ1n) is 8.46. The van der Waals surface area contributed by atoms with Crippen molar-refractivity contribution < 1.29 is 9.47 Å². The number of methoxy groups -OCH3 is 2. The second-order valence-corrected chi connectivity index (χ2v) is 6.10. The molecular formula is C21H18N4O2. The van der Waals surface area contributed by atoms with E-state index >= 15 is 0 Å². The van der Waals surface area contributed by atoms with Gasteiger partial charge in [0.15, 0.2) is 0 Å². The van der Waals surface area contributed by atoms with E-state index in [4.69, 9.17) is 16.0 Å². The first kappa shape index (κ1) is 16.7. The number of ether oxygens (including phenoxy) is 2. The van der Waals surface area contributed by atoms with Crippen LogP contribution in [-0.2, 0) is 0 Å². The van der Waals surface area contributed by atoms with Crippen LogP contribution in [0.3, 0.4) is 0 Å². The van der Waals surface area contributed by atoms with Crippen molar-refractivity contribution in [2.75, 3.05) is 19.5 Å². The molecule has 0 fully saturated rings. The number of aromatic amines is 1. The molecule has 2 aromatic carbocycles. The van der Waals surface area contributed by atoms with Crippen LogP contribution in [0.25, 0.3) is 10.5 Å². The molecular weight excluding hydrogens is 340 g/mol. The number of anilines is 1. The normalized spacial score (nSPS) is 15.5. The van der Waals surface area contributed by atoms with E-state index in [2.05, 4.69) is 20.4 Å². The molecule has 1 unspecified atom stereocenters. The summed E-state index contributed by atoms with van der Waals surface area (Å²) < 4.78 is 10.8. The van der Waals surface area contributed by atoms with E-state index in [0.29, 0.717) is 5.70 Å². The lowest BCUT2D eigenvalue weighted by Crippen LogP contribution is -2.16. The first-order chi connectivity index (χ1) is 13.3. The van der Waals surface area contributed by atoms with E-state index in [0.717, 1.165) is 39.7 Å². The van der Waals surface area contributed by atoms with Gasteiger partial charge in [-0.25, -0.2) is 4.85 Å². The van der Waals surface area contributed by atoms with Gasteiger partial charge in [0.05, 0.1) is 32.9 Å². The maximum Gasteiger partial charge on any atom is 0.200 e. The number of H-pyrrole nitrogens is 1. The number of para-hydroxylation sites is 1. The fourth-order valence-electron chi connectivity index (χ4n) is 3.41. The summed E-state index contributed by atoms with van der Waals surface area (Å²) in [4.78, 5) is 3.90. The van der Waals surface area contributed by atoms with E-state index in [1.807, 2.05) is 48.5 Å². The van der Waals surface area contributed by atoms with Gasteiger partial charge in [0.2, 0.25) is 5.70 Å². The lowest BCUT2D eigenvalue weighted by molar-refractivity contribution is 0.409. The van der Waals surface area contributed by atoms with Crippen LogP contribution >= 0.6 is 0 Å². The summed E-state index contributed by atoms with van der Waals surface area (Å²) in [5.74, 6) is 2.02. The molecule has 2 N–H and O–H groups in total. The van der Waals surface area contributed by atoms with Gasteiger partial charge in [0.25, 0.3) is 0 Å². The number of aromatic nitrogens is 2. The van der Waals surface area contributed by atoms with Gasteiger partial charge >= 0.3 is 0 Å². The highest BCUT2D eigenvalue weighted by Gasteiger charge is 2.33. The molecule has 0 radical (unpaired) electrons. The standard InChI is InChI=1S/C21H18N4O2/c1-22-20-18(15-6-4-5-7-17(15)27-3)16-12-23-25-21(16)24-19(20)13-8-10-14(26-2)11-9-13/h4-12,18H,2-3H3,(H2,23,24,25). The molecule has 27 heavy (non-hydrogen) atoms. The molecule has 0 saturated heterocycles. The van der Waals surface area contributed by atoms with Crippen molar-refractivity contribution in [3.05, 3.63) is 88.5 Å². The highest BCUT2D eigenvalue weighted by Crippen LogP contribution is 2.46. The molecule has 4 rings (SSSR count). The zero-order chi connectivity index (χ0) is 18.8. The van der Waals surface area contributed by atoms with Crippen LogP contribution in [0.1, 0.15) is 22.6 Å². The summed E-state index contributed by atoms with van der Waals surface area (Å²) in [5, 5.41) is 10.5. The maximum atomic E-state index is 7.89. The number of hydrogen-bond donors (Lipinski definition) is 2. The Morgan fingerprint density at radius 3 is 2.48 bits per heavy atom. The van der Waals surface area contributed by atoms with Gasteiger partial charge in [-0.05, 0) is 29.3 Å². The molecule has 6 heteroatoms. The van der Waals surface area contributed by atoms with Crippen LogP contribution in [0.4, 0.5) is 5.82 Å². The van der Waals surface area contributed by atoms with Crippen molar-refractivity contribution in [2.45, 2.75) is 5.92 Å². The van der Waals surface area contributed by atoms with Crippen LogP contribution in [0.2, 0.25) is 0 Å². The van der Waals surface area contributed by atoms with Crippen molar-refractivity contribution in [1.82, 2.24) is 10.2 Å². The second kappa shape index (κ2) is 6.89. The van der Waals surface area contributed by atoms with Crippen molar-refractivity contribution in [1.29, 1.82) is 0 Å². The number of fused-ring (bicyclic) bond motifs is 1. The Bertz CT molecular complexity index is 1040. The number of hydrogen-bond acceptors (Lipinski definition) is 4. The molecule has 0 amide bonds. The average Bonchev–Trinajstić information content (AvgIpc) is 3.20. The Labute approximate surface area is 157 Å². The Kier molecular flexibility index (Phi) is 4.27. The fraction of sp³-hybridized carbons (Fsp3) is 0.143. The minimum absolute atomic E-state index is 0.272. The van der Waals surface area contributed by atoms with Gasteiger partial charge in [-0.1, -0.05) is 30.3 Å². The molecule has 1 atom stereocenters. The third kappa shape index (κ3) is 2.79. The smallest absolute Gasteiger partial charge is 0.200 e. The molecule has 6 nitrogen and oxygen atoms in total. The molecule has 0 spiro atoms. The third-order valence-corrected chi connectivity index (χ3v) is 4.71. The highest BCUT2D eigenvalue weighted by molar-refractivity contribution is 5.85. The van der Waals surface area contributed by atoms with E-state index < -0.39 is 0 Å². The van der Waals surface area contributed by atoms with E-state index in [9.17, 15) is 0 Å². The minimum Gasteiger partial charge on any atom is -0.497 e. The lowest BCUT2D eigenvalue weighted by atomic mass is 9.85. The largest absolute Gasteiger partial charge is 0.497 e. The minimum atomic E-state index is -0.272. The first-order valence-corrected chi connectivity index (χ1v) is 8.46. The average molecular weight is 358 g/mol. The lowest BCUT2D eigenvalue weighted by Gasteiger charge is -2.27. The second-order valence-electron chi connectivity index (χ2n) is 6.10. The molecule has 3 aromatic rings. The molecule has 1 aliphatic rings. The van der Waals surface area contributed by atoms with Gasteiger partial charge in [-0.2, -0.15) is 5.10 Å². The van der Waals surface area contributed by atoms with E-state index in [-0.39, 0.29) is 5.92 Å². The summed E-state index contributed by atoms with van der Waals surface area (Å²) >= 11 is 0. The van der Waals surface area contributed by atoms with Gasteiger partial charge in [0, 0.05) is 11.3 Å². The topological polar surface area (TPSA) is 63.5 Å². The highest BCUT2D eigenvalue weighted by atomic mass is 16.5. The number of benzene rings is 2. The molecule has 0 saturated carbocycles. The van der Waals surface area contributed by atoms with Crippen LogP contribution in [0, 0.1) is 6.57 Å². The summed E-state index contributed by atoms with van der Waals surface area (Å²) in [6.45, 7) is 7.89. The summed E-state index contributed by atoms with van der Waals surface area (Å²) in [5.41, 5.74) is 4.10. The van der Waals surface area contributed by atoms with Gasteiger partial charge < -0.3 is 14.8 Å². The summed E-state index contributed by atoms with van der Waals surface area (Å²) in [7, 11) is 3.27. The van der Waals surface area contributed by atoms with Gasteiger partial charge in [0.1, 0.15) is 17.3 Å². The Hall–Kier alpha value is -3.72. The predicted molar refractivity (Wildman–Crippen MR) is 104 cm³/mol. The maximum absolute atomic E-state index is 7.89. The van der Waals surface area contributed by atoms with Crippen LogP contribution in [-0.4, -0.2) is 24.4 Å². The quantitative estimate of drug-likeness (QED) is 0.684. The number of rotatable bonds is 4. The molecule has 1 aliphatic heterocycles. The fourth-order valence-corrected chi connectivity index (χ4v) is 3.41. The van der Waals surface area contributed by atoms with Crippen molar-refractivity contribution in [3.63, 3.8) is 0 Å². The Balaban J connectivity index is 1.92. The summed E-state index contributed by atoms with van der Waals surface area (Å²) in [6.07, 6.45) is 1.76. The molecule has 2 heterocycles. The molecule has 1 aromatic heterocycles. The van der Waals surface area contributed by atoms with Crippen molar-refractivity contribution in [3.8, 4) is 11.5 Å². The van der Waals surface area contributed by atoms with Gasteiger partial charge in [-0.3, -0.25) is 5.10 Å². The van der Waals surface area contributed by atoms with Crippen LogP contribution in [0.15, 0.2) is 60.4 Å². The summed E-state index contributed by atoms with van der Waals surface area (Å²) in [6, 6.07) is 15.4. The third-order valence-electron chi connectivity index (χ3n) is 4.71. The molecule has 134 valence electrons. The van der Waals surface area contributed by atoms with Gasteiger partial charge in [-0.15, -0.1) is 0 Å². The number of nitrogens with one attached hydrogen (secondary N) is 2. The Morgan fingerprint density at radius 2 is 1.78 bits per heavy atom. The number of allylic oxidation sites excluding steroid dienone is 1. The van der Waals surface area contributed by atoms with Crippen molar-refractivity contribution in [2.24, 2.45) is 0 Å². The predicted octanol–water partition coefficient (Wildman–Crippen LogP) is 4.27. The monoisotopic (exact) mass is 358 g/mol. The molecule has 0 aliphatic carbocycles. The van der Waals surface area contributed by atoms with E-state index in [1.54, 1.807) is 20.4 Å².